The lowest BCUT2D eigenvalue weighted by Gasteiger charge is -2.20. The van der Waals surface area contributed by atoms with Gasteiger partial charge >= 0.3 is 5.97 Å². The Kier molecular flexibility index (Phi) is 6.96. The number of hydrogen-bond donors (Lipinski definition) is 1. The summed E-state index contributed by atoms with van der Waals surface area (Å²) in [6, 6.07) is 15.2. The lowest BCUT2D eigenvalue weighted by atomic mass is 10.0. The van der Waals surface area contributed by atoms with Gasteiger partial charge in [-0.25, -0.2) is 0 Å². The van der Waals surface area contributed by atoms with Crippen LogP contribution in [0.2, 0.25) is 0 Å². The van der Waals surface area contributed by atoms with Gasteiger partial charge in [0.25, 0.3) is 0 Å². The van der Waals surface area contributed by atoms with Crippen molar-refractivity contribution in [3.63, 3.8) is 0 Å². The van der Waals surface area contributed by atoms with Crippen molar-refractivity contribution in [2.24, 2.45) is 0 Å². The van der Waals surface area contributed by atoms with E-state index in [1.165, 1.54) is 0 Å². The van der Waals surface area contributed by atoms with Gasteiger partial charge in [0.05, 0.1) is 25.0 Å². The summed E-state index contributed by atoms with van der Waals surface area (Å²) in [5, 5.41) is 2.99. The van der Waals surface area contributed by atoms with Crippen LogP contribution in [0.1, 0.15) is 48.6 Å². The fourth-order valence-corrected chi connectivity index (χ4v) is 2.76. The zero-order valence-corrected chi connectivity index (χ0v) is 15.9. The van der Waals surface area contributed by atoms with Crippen molar-refractivity contribution in [2.75, 3.05) is 0 Å². The minimum absolute atomic E-state index is 0.109. The van der Waals surface area contributed by atoms with Crippen molar-refractivity contribution in [1.82, 2.24) is 5.32 Å². The van der Waals surface area contributed by atoms with E-state index in [1.807, 2.05) is 76.2 Å². The van der Waals surface area contributed by atoms with Crippen molar-refractivity contribution in [3.05, 3.63) is 70.8 Å². The first kappa shape index (κ1) is 19.7. The van der Waals surface area contributed by atoms with Gasteiger partial charge in [-0.3, -0.25) is 9.59 Å². The van der Waals surface area contributed by atoms with Crippen molar-refractivity contribution in [3.8, 4) is 0 Å². The molecule has 0 bridgehead atoms. The molecule has 4 nitrogen and oxygen atoms in total. The van der Waals surface area contributed by atoms with Crippen LogP contribution in [0.4, 0.5) is 0 Å². The van der Waals surface area contributed by atoms with Crippen LogP contribution < -0.4 is 5.32 Å². The Morgan fingerprint density at radius 2 is 1.65 bits per heavy atom. The van der Waals surface area contributed by atoms with E-state index in [0.717, 1.165) is 22.3 Å². The third kappa shape index (κ3) is 6.03. The number of rotatable bonds is 7. The molecule has 0 fully saturated rings. The molecule has 2 aromatic carbocycles. The van der Waals surface area contributed by atoms with Crippen LogP contribution in [0.25, 0.3) is 0 Å². The van der Waals surface area contributed by atoms with Gasteiger partial charge in [0.2, 0.25) is 5.91 Å². The van der Waals surface area contributed by atoms with Crippen molar-refractivity contribution in [2.45, 2.75) is 52.7 Å². The molecular weight excluding hydrogens is 326 g/mol. The van der Waals surface area contributed by atoms with Gasteiger partial charge in [-0.05, 0) is 44.4 Å². The van der Waals surface area contributed by atoms with Gasteiger partial charge in [-0.1, -0.05) is 54.1 Å². The van der Waals surface area contributed by atoms with Crippen LogP contribution in [0, 0.1) is 13.8 Å². The molecule has 1 unspecified atom stereocenters. The summed E-state index contributed by atoms with van der Waals surface area (Å²) in [5.74, 6) is -0.427. The van der Waals surface area contributed by atoms with Gasteiger partial charge in [0.1, 0.15) is 0 Å². The van der Waals surface area contributed by atoms with E-state index in [9.17, 15) is 9.59 Å². The molecule has 1 atom stereocenters. The smallest absolute Gasteiger partial charge is 0.308 e. The predicted octanol–water partition coefficient (Wildman–Crippen LogP) is 4.05. The summed E-state index contributed by atoms with van der Waals surface area (Å²) in [6.45, 7) is 7.62. The largest absolute Gasteiger partial charge is 0.463 e. The quantitative estimate of drug-likeness (QED) is 0.764. The molecule has 0 aliphatic rings. The van der Waals surface area contributed by atoms with Crippen LogP contribution in [0.3, 0.4) is 0 Å². The highest BCUT2D eigenvalue weighted by atomic mass is 16.5. The lowest BCUT2D eigenvalue weighted by Crippen LogP contribution is -2.32. The first-order valence-electron chi connectivity index (χ1n) is 8.95. The maximum atomic E-state index is 12.6. The van der Waals surface area contributed by atoms with Crippen molar-refractivity contribution in [1.29, 1.82) is 0 Å². The van der Waals surface area contributed by atoms with Gasteiger partial charge < -0.3 is 10.1 Å². The molecule has 0 spiro atoms. The highest BCUT2D eigenvalue weighted by molar-refractivity contribution is 5.80. The number of aryl methyl sites for hydroxylation is 2. The van der Waals surface area contributed by atoms with E-state index >= 15 is 0 Å². The Morgan fingerprint density at radius 3 is 2.27 bits per heavy atom. The zero-order valence-electron chi connectivity index (χ0n) is 15.9. The van der Waals surface area contributed by atoms with E-state index in [2.05, 4.69) is 5.32 Å². The molecule has 4 heteroatoms. The number of benzene rings is 2. The number of carbonyl (C=O) groups is 2. The van der Waals surface area contributed by atoms with Crippen LogP contribution in [-0.4, -0.2) is 18.0 Å². The van der Waals surface area contributed by atoms with Gasteiger partial charge in [0, 0.05) is 0 Å². The summed E-state index contributed by atoms with van der Waals surface area (Å²) in [6.07, 6.45) is 0.221. The fourth-order valence-electron chi connectivity index (χ4n) is 2.76. The standard InChI is InChI=1S/C22H27NO3/c1-15(2)26-22(25)14-20(18-11-9-16(3)10-12-18)23-21(24)13-19-8-6-5-7-17(19)4/h5-12,15,20H,13-14H2,1-4H3,(H,23,24). The third-order valence-corrected chi connectivity index (χ3v) is 4.17. The topological polar surface area (TPSA) is 55.4 Å². The van der Waals surface area contributed by atoms with Gasteiger partial charge in [0.15, 0.2) is 0 Å². The fraction of sp³-hybridized carbons (Fsp3) is 0.364. The Labute approximate surface area is 155 Å². The van der Waals surface area contributed by atoms with Crippen LogP contribution in [-0.2, 0) is 20.7 Å². The number of carbonyl (C=O) groups excluding carboxylic acids is 2. The molecule has 2 rings (SSSR count). The van der Waals surface area contributed by atoms with Gasteiger partial charge in [-0.15, -0.1) is 0 Å². The normalized spacial score (nSPS) is 11.9. The van der Waals surface area contributed by atoms with E-state index in [-0.39, 0.29) is 30.8 Å². The monoisotopic (exact) mass is 353 g/mol. The minimum atomic E-state index is -0.404. The zero-order chi connectivity index (χ0) is 19.1. The summed E-state index contributed by atoms with van der Waals surface area (Å²) >= 11 is 0. The SMILES string of the molecule is Cc1ccc(C(CC(=O)OC(C)C)NC(=O)Cc2ccccc2C)cc1. The van der Waals surface area contributed by atoms with Crippen LogP contribution in [0.5, 0.6) is 0 Å². The summed E-state index contributed by atoms with van der Waals surface area (Å²) in [5.41, 5.74) is 4.09. The molecule has 26 heavy (non-hydrogen) atoms. The van der Waals surface area contributed by atoms with Gasteiger partial charge in [-0.2, -0.15) is 0 Å². The van der Waals surface area contributed by atoms with Crippen LogP contribution >= 0.6 is 0 Å². The number of hydrogen-bond acceptors (Lipinski definition) is 3. The Balaban J connectivity index is 2.12. The maximum Gasteiger partial charge on any atom is 0.308 e. The average Bonchev–Trinajstić information content (AvgIpc) is 2.56. The number of ether oxygens (including phenoxy) is 1. The second-order valence-corrected chi connectivity index (χ2v) is 6.88. The molecule has 138 valence electrons. The molecule has 1 N–H and O–H groups in total. The average molecular weight is 353 g/mol. The van der Waals surface area contributed by atoms with Crippen LogP contribution in [0.15, 0.2) is 48.5 Å². The Bertz CT molecular complexity index is 750. The summed E-state index contributed by atoms with van der Waals surface area (Å²) in [7, 11) is 0. The third-order valence-electron chi connectivity index (χ3n) is 4.17. The minimum Gasteiger partial charge on any atom is -0.463 e. The molecular formula is C22H27NO3. The van der Waals surface area contributed by atoms with Crippen molar-refractivity contribution >= 4 is 11.9 Å². The molecule has 0 aromatic heterocycles. The Hall–Kier alpha value is -2.62. The molecule has 0 saturated carbocycles. The van der Waals surface area contributed by atoms with Crippen molar-refractivity contribution < 1.29 is 14.3 Å². The van der Waals surface area contributed by atoms with E-state index < -0.39 is 6.04 Å². The molecule has 1 amide bonds. The molecule has 0 radical (unpaired) electrons. The maximum absolute atomic E-state index is 12.6. The number of esters is 1. The number of amides is 1. The van der Waals surface area contributed by atoms with E-state index in [0.29, 0.717) is 0 Å². The first-order chi connectivity index (χ1) is 12.3. The molecule has 0 saturated heterocycles. The highest BCUT2D eigenvalue weighted by Gasteiger charge is 2.20. The molecule has 2 aromatic rings. The lowest BCUT2D eigenvalue weighted by molar-refractivity contribution is -0.148. The Morgan fingerprint density at radius 1 is 1.00 bits per heavy atom. The summed E-state index contributed by atoms with van der Waals surface area (Å²) in [4.78, 5) is 24.7. The highest BCUT2D eigenvalue weighted by Crippen LogP contribution is 2.19. The second-order valence-electron chi connectivity index (χ2n) is 6.88. The first-order valence-corrected chi connectivity index (χ1v) is 8.95. The molecule has 0 heterocycles. The molecule has 0 aliphatic heterocycles. The molecule has 0 aliphatic carbocycles. The summed E-state index contributed by atoms with van der Waals surface area (Å²) < 4.78 is 5.25. The second kappa shape index (κ2) is 9.18. The van der Waals surface area contributed by atoms with E-state index in [1.54, 1.807) is 0 Å². The number of nitrogens with one attached hydrogen (secondary N) is 1. The van der Waals surface area contributed by atoms with E-state index in [4.69, 9.17) is 4.74 Å². The predicted molar refractivity (Wildman–Crippen MR) is 103 cm³/mol.